The van der Waals surface area contributed by atoms with Gasteiger partial charge in [-0.15, -0.1) is 0 Å². The van der Waals surface area contributed by atoms with E-state index in [0.29, 0.717) is 24.5 Å². The van der Waals surface area contributed by atoms with E-state index in [2.05, 4.69) is 5.32 Å². The number of hydrogen-bond donors (Lipinski definition) is 2. The molecule has 1 atom stereocenters. The summed E-state index contributed by atoms with van der Waals surface area (Å²) >= 11 is 0. The number of carbonyl (C=O) groups excluding carboxylic acids is 1. The van der Waals surface area contributed by atoms with Gasteiger partial charge in [0.1, 0.15) is 11.5 Å². The molecule has 1 rings (SSSR count). The summed E-state index contributed by atoms with van der Waals surface area (Å²) in [5.74, 6) is 1.24. The summed E-state index contributed by atoms with van der Waals surface area (Å²) < 4.78 is 10.3. The molecule has 1 amide bonds. The molecule has 0 radical (unpaired) electrons. The molecule has 1 aromatic carbocycles. The van der Waals surface area contributed by atoms with E-state index in [4.69, 9.17) is 15.2 Å². The molecule has 0 unspecified atom stereocenters. The molecule has 0 spiro atoms. The van der Waals surface area contributed by atoms with Crippen LogP contribution < -0.4 is 20.5 Å². The van der Waals surface area contributed by atoms with Gasteiger partial charge < -0.3 is 20.5 Å². The molecule has 0 aliphatic carbocycles. The maximum atomic E-state index is 11.6. The van der Waals surface area contributed by atoms with E-state index in [-0.39, 0.29) is 5.91 Å². The summed E-state index contributed by atoms with van der Waals surface area (Å²) in [7, 11) is 3.17. The van der Waals surface area contributed by atoms with E-state index in [9.17, 15) is 4.79 Å². The van der Waals surface area contributed by atoms with Gasteiger partial charge in [0.05, 0.1) is 20.3 Å². The highest BCUT2D eigenvalue weighted by atomic mass is 16.5. The first-order chi connectivity index (χ1) is 8.62. The Bertz CT molecular complexity index is 407. The molecule has 0 bridgehead atoms. The molecule has 1 aromatic rings. The molecule has 0 aliphatic heterocycles. The van der Waals surface area contributed by atoms with Crippen molar-refractivity contribution in [1.29, 1.82) is 0 Å². The normalized spacial score (nSPS) is 11.8. The third-order valence-corrected chi connectivity index (χ3v) is 2.72. The van der Waals surface area contributed by atoms with Gasteiger partial charge in [0.25, 0.3) is 0 Å². The lowest BCUT2D eigenvalue weighted by Crippen LogP contribution is -2.39. The molecule has 0 heterocycles. The maximum Gasteiger partial charge on any atom is 0.237 e. The molecular formula is C13H20N2O3. The minimum atomic E-state index is -0.464. The smallest absolute Gasteiger partial charge is 0.237 e. The molecule has 0 saturated carbocycles. The lowest BCUT2D eigenvalue weighted by atomic mass is 10.1. The summed E-state index contributed by atoms with van der Waals surface area (Å²) in [5, 5.41) is 2.78. The van der Waals surface area contributed by atoms with Crippen LogP contribution in [0, 0.1) is 0 Å². The van der Waals surface area contributed by atoms with Crippen LogP contribution in [-0.2, 0) is 11.3 Å². The van der Waals surface area contributed by atoms with Crippen LogP contribution >= 0.6 is 0 Å². The molecule has 5 nitrogen and oxygen atoms in total. The van der Waals surface area contributed by atoms with E-state index in [0.717, 1.165) is 5.56 Å². The Morgan fingerprint density at radius 3 is 2.67 bits per heavy atom. The number of nitrogens with one attached hydrogen (secondary N) is 1. The highest BCUT2D eigenvalue weighted by Gasteiger charge is 2.11. The van der Waals surface area contributed by atoms with Crippen LogP contribution in [0.25, 0.3) is 0 Å². The second-order valence-electron chi connectivity index (χ2n) is 3.91. The minimum Gasteiger partial charge on any atom is -0.497 e. The lowest BCUT2D eigenvalue weighted by Gasteiger charge is -2.13. The zero-order valence-corrected chi connectivity index (χ0v) is 11.0. The molecule has 0 aliphatic rings. The highest BCUT2D eigenvalue weighted by Crippen LogP contribution is 2.24. The average Bonchev–Trinajstić information content (AvgIpc) is 2.43. The van der Waals surface area contributed by atoms with Crippen molar-refractivity contribution in [3.05, 3.63) is 23.8 Å². The van der Waals surface area contributed by atoms with Crippen LogP contribution in [0.5, 0.6) is 11.5 Å². The average molecular weight is 252 g/mol. The van der Waals surface area contributed by atoms with Gasteiger partial charge >= 0.3 is 0 Å². The van der Waals surface area contributed by atoms with Crippen molar-refractivity contribution in [1.82, 2.24) is 5.32 Å². The molecule has 5 heteroatoms. The number of nitrogens with two attached hydrogens (primary N) is 1. The number of carbonyl (C=O) groups is 1. The van der Waals surface area contributed by atoms with Gasteiger partial charge in [-0.3, -0.25) is 4.79 Å². The summed E-state index contributed by atoms with van der Waals surface area (Å²) in [6.07, 6.45) is 0.617. The molecule has 18 heavy (non-hydrogen) atoms. The summed E-state index contributed by atoms with van der Waals surface area (Å²) in [5.41, 5.74) is 6.52. The molecule has 0 saturated heterocycles. The third-order valence-electron chi connectivity index (χ3n) is 2.72. The Morgan fingerprint density at radius 1 is 1.39 bits per heavy atom. The van der Waals surface area contributed by atoms with Crippen molar-refractivity contribution in [2.24, 2.45) is 5.73 Å². The maximum absolute atomic E-state index is 11.6. The standard InChI is InChI=1S/C13H20N2O3/c1-4-11(14)13(16)15-8-9-5-6-10(17-2)7-12(9)18-3/h5-7,11H,4,8,14H2,1-3H3,(H,15,16)/t11-/m0/s1. The first-order valence-electron chi connectivity index (χ1n) is 5.86. The molecule has 0 aromatic heterocycles. The topological polar surface area (TPSA) is 73.6 Å². The van der Waals surface area contributed by atoms with E-state index in [1.165, 1.54) is 0 Å². The van der Waals surface area contributed by atoms with E-state index >= 15 is 0 Å². The van der Waals surface area contributed by atoms with Crippen molar-refractivity contribution in [2.75, 3.05) is 14.2 Å². The fraction of sp³-hybridized carbons (Fsp3) is 0.462. The van der Waals surface area contributed by atoms with Gasteiger partial charge in [-0.2, -0.15) is 0 Å². The Balaban J connectivity index is 2.70. The summed E-state index contributed by atoms with van der Waals surface area (Å²) in [4.78, 5) is 11.6. The van der Waals surface area contributed by atoms with Gasteiger partial charge in [-0.1, -0.05) is 6.92 Å². The Kier molecular flexibility index (Phi) is 5.45. The minimum absolute atomic E-state index is 0.157. The van der Waals surface area contributed by atoms with E-state index < -0.39 is 6.04 Å². The molecular weight excluding hydrogens is 232 g/mol. The third kappa shape index (κ3) is 3.63. The largest absolute Gasteiger partial charge is 0.497 e. The predicted molar refractivity (Wildman–Crippen MR) is 69.7 cm³/mol. The van der Waals surface area contributed by atoms with E-state index in [1.54, 1.807) is 20.3 Å². The predicted octanol–water partition coefficient (Wildman–Crippen LogP) is 1.06. The Labute approximate surface area is 107 Å². The van der Waals surface area contributed by atoms with Crippen LogP contribution in [0.1, 0.15) is 18.9 Å². The zero-order valence-electron chi connectivity index (χ0n) is 11.0. The van der Waals surface area contributed by atoms with Crippen molar-refractivity contribution >= 4 is 5.91 Å². The fourth-order valence-corrected chi connectivity index (χ4v) is 1.50. The van der Waals surface area contributed by atoms with Gasteiger partial charge in [0, 0.05) is 18.2 Å². The van der Waals surface area contributed by atoms with Crippen LogP contribution in [0.3, 0.4) is 0 Å². The highest BCUT2D eigenvalue weighted by molar-refractivity contribution is 5.81. The first kappa shape index (κ1) is 14.3. The first-order valence-corrected chi connectivity index (χ1v) is 5.86. The van der Waals surface area contributed by atoms with Crippen LogP contribution in [-0.4, -0.2) is 26.2 Å². The van der Waals surface area contributed by atoms with Crippen LogP contribution in [0.4, 0.5) is 0 Å². The quantitative estimate of drug-likeness (QED) is 0.794. The van der Waals surface area contributed by atoms with E-state index in [1.807, 2.05) is 19.1 Å². The van der Waals surface area contributed by atoms with Crippen LogP contribution in [0.15, 0.2) is 18.2 Å². The number of methoxy groups -OCH3 is 2. The van der Waals surface area contributed by atoms with Crippen LogP contribution in [0.2, 0.25) is 0 Å². The van der Waals surface area contributed by atoms with Crippen molar-refractivity contribution in [2.45, 2.75) is 25.9 Å². The van der Waals surface area contributed by atoms with Crippen molar-refractivity contribution < 1.29 is 14.3 Å². The Hall–Kier alpha value is -1.75. The SMILES string of the molecule is CC[C@H](N)C(=O)NCc1ccc(OC)cc1OC. The number of ether oxygens (including phenoxy) is 2. The van der Waals surface area contributed by atoms with Gasteiger partial charge in [-0.25, -0.2) is 0 Å². The summed E-state index contributed by atoms with van der Waals surface area (Å²) in [6.45, 7) is 2.26. The van der Waals surface area contributed by atoms with Crippen molar-refractivity contribution in [3.8, 4) is 11.5 Å². The number of rotatable bonds is 6. The number of amides is 1. The molecule has 0 fully saturated rings. The zero-order chi connectivity index (χ0) is 13.5. The van der Waals surface area contributed by atoms with Crippen molar-refractivity contribution in [3.63, 3.8) is 0 Å². The second kappa shape index (κ2) is 6.86. The number of hydrogen-bond acceptors (Lipinski definition) is 4. The second-order valence-corrected chi connectivity index (χ2v) is 3.91. The van der Waals surface area contributed by atoms with Gasteiger partial charge in [-0.05, 0) is 18.6 Å². The molecule has 3 N–H and O–H groups in total. The lowest BCUT2D eigenvalue weighted by molar-refractivity contribution is -0.122. The Morgan fingerprint density at radius 2 is 2.11 bits per heavy atom. The summed E-state index contributed by atoms with van der Waals surface area (Å²) in [6, 6.07) is 5.00. The van der Waals surface area contributed by atoms with Gasteiger partial charge in [0.15, 0.2) is 0 Å². The molecule has 100 valence electrons. The monoisotopic (exact) mass is 252 g/mol. The fourth-order valence-electron chi connectivity index (χ4n) is 1.50. The number of benzene rings is 1. The van der Waals surface area contributed by atoms with Gasteiger partial charge in [0.2, 0.25) is 5.91 Å².